The predicted molar refractivity (Wildman–Crippen MR) is 64.8 cm³/mol. The molecule has 0 aliphatic rings. The van der Waals surface area contributed by atoms with Crippen LogP contribution in [0.15, 0.2) is 30.3 Å². The van der Waals surface area contributed by atoms with E-state index in [0.717, 1.165) is 6.42 Å². The summed E-state index contributed by atoms with van der Waals surface area (Å²) in [5.41, 5.74) is 1.41. The van der Waals surface area contributed by atoms with Gasteiger partial charge in [0, 0.05) is 0 Å². The molecule has 1 aromatic carbocycles. The van der Waals surface area contributed by atoms with E-state index in [-0.39, 0.29) is 49.6 Å². The van der Waals surface area contributed by atoms with Crippen LogP contribution in [0.3, 0.4) is 0 Å². The van der Waals surface area contributed by atoms with Crippen LogP contribution < -0.4 is 0 Å². The molecule has 0 nitrogen and oxygen atoms in total. The van der Waals surface area contributed by atoms with Crippen LogP contribution in [0.5, 0.6) is 0 Å². The van der Waals surface area contributed by atoms with Crippen molar-refractivity contribution in [1.29, 1.82) is 0 Å². The Balaban J connectivity index is -0.0000000800. The minimum absolute atomic E-state index is 0. The first kappa shape index (κ1) is 22.8. The van der Waals surface area contributed by atoms with E-state index >= 15 is 0 Å². The van der Waals surface area contributed by atoms with Crippen molar-refractivity contribution in [1.82, 2.24) is 0 Å². The van der Waals surface area contributed by atoms with Crippen molar-refractivity contribution in [2.75, 3.05) is 0 Å². The summed E-state index contributed by atoms with van der Waals surface area (Å²) in [6, 6.07) is 10.5. The van der Waals surface area contributed by atoms with Crippen LogP contribution in [-0.4, -0.2) is 0 Å². The molecule has 0 radical (unpaired) electrons. The van der Waals surface area contributed by atoms with E-state index in [4.69, 9.17) is 0 Å². The van der Waals surface area contributed by atoms with Crippen LogP contribution in [0.4, 0.5) is 0 Å². The predicted octanol–water partition coefficient (Wildman–Crippen LogP) is 3.94. The van der Waals surface area contributed by atoms with Gasteiger partial charge in [0.25, 0.3) is 0 Å². The van der Waals surface area contributed by atoms with E-state index in [1.165, 1.54) is 5.56 Å². The monoisotopic (exact) mass is 250 g/mol. The summed E-state index contributed by atoms with van der Waals surface area (Å²) in [5.74, 6) is 0. The molecular formula is C8H14Cl4. The fraction of sp³-hybridized carbons (Fsp3) is 0.250. The molecular weight excluding hydrogens is 238 g/mol. The van der Waals surface area contributed by atoms with Gasteiger partial charge < -0.3 is 0 Å². The van der Waals surface area contributed by atoms with Crippen molar-refractivity contribution < 1.29 is 0 Å². The highest BCUT2D eigenvalue weighted by Crippen LogP contribution is 1.96. The lowest BCUT2D eigenvalue weighted by atomic mass is 10.2. The average Bonchev–Trinajstić information content (AvgIpc) is 1.90. The maximum absolute atomic E-state index is 2.16. The SMILES string of the molecule is CCc1ccccc1.Cl.Cl.Cl.Cl. The molecule has 74 valence electrons. The van der Waals surface area contributed by atoms with E-state index in [2.05, 4.69) is 31.2 Å². The summed E-state index contributed by atoms with van der Waals surface area (Å²) < 4.78 is 0. The van der Waals surface area contributed by atoms with Crippen LogP contribution in [0.1, 0.15) is 12.5 Å². The molecule has 12 heavy (non-hydrogen) atoms. The summed E-state index contributed by atoms with van der Waals surface area (Å²) in [7, 11) is 0. The van der Waals surface area contributed by atoms with Crippen LogP contribution in [0.2, 0.25) is 0 Å². The molecule has 0 unspecified atom stereocenters. The van der Waals surface area contributed by atoms with Gasteiger partial charge in [0.05, 0.1) is 0 Å². The zero-order valence-corrected chi connectivity index (χ0v) is 9.99. The molecule has 0 amide bonds. The van der Waals surface area contributed by atoms with Crippen molar-refractivity contribution in [3.05, 3.63) is 35.9 Å². The molecule has 4 heteroatoms. The summed E-state index contributed by atoms with van der Waals surface area (Å²) in [4.78, 5) is 0. The molecule has 1 aromatic rings. The fourth-order valence-electron chi connectivity index (χ4n) is 0.714. The standard InChI is InChI=1S/C8H10.4ClH/c1-2-8-6-4-3-5-7-8;;;;/h3-7H,2H2,1H3;4*1H. The fourth-order valence-corrected chi connectivity index (χ4v) is 0.714. The molecule has 0 spiro atoms. The minimum Gasteiger partial charge on any atom is -0.147 e. The number of aryl methyl sites for hydroxylation is 1. The topological polar surface area (TPSA) is 0 Å². The summed E-state index contributed by atoms with van der Waals surface area (Å²) in [5, 5.41) is 0. The highest BCUT2D eigenvalue weighted by atomic mass is 35.5. The second-order valence-electron chi connectivity index (χ2n) is 1.84. The largest absolute Gasteiger partial charge is 0.147 e. The lowest BCUT2D eigenvalue weighted by Crippen LogP contribution is -1.73. The zero-order valence-electron chi connectivity index (χ0n) is 6.73. The Labute approximate surface area is 98.8 Å². The Morgan fingerprint density at radius 3 is 1.50 bits per heavy atom. The van der Waals surface area contributed by atoms with Crippen molar-refractivity contribution in [2.24, 2.45) is 0 Å². The van der Waals surface area contributed by atoms with Crippen molar-refractivity contribution in [3.63, 3.8) is 0 Å². The highest BCUT2D eigenvalue weighted by Gasteiger charge is 1.79. The van der Waals surface area contributed by atoms with Gasteiger partial charge in [-0.2, -0.15) is 0 Å². The Bertz CT molecular complexity index is 152. The lowest BCUT2D eigenvalue weighted by Gasteiger charge is -1.89. The maximum atomic E-state index is 2.16. The first-order chi connectivity index (χ1) is 3.93. The van der Waals surface area contributed by atoms with E-state index in [0.29, 0.717) is 0 Å². The van der Waals surface area contributed by atoms with Gasteiger partial charge in [-0.3, -0.25) is 0 Å². The van der Waals surface area contributed by atoms with Crippen LogP contribution in [0, 0.1) is 0 Å². The summed E-state index contributed by atoms with van der Waals surface area (Å²) in [6.45, 7) is 2.16. The Hall–Kier alpha value is 0.380. The molecule has 0 saturated carbocycles. The third-order valence-electron chi connectivity index (χ3n) is 1.25. The minimum atomic E-state index is 0. The summed E-state index contributed by atoms with van der Waals surface area (Å²) in [6.07, 6.45) is 1.14. The third-order valence-corrected chi connectivity index (χ3v) is 1.25. The van der Waals surface area contributed by atoms with Gasteiger partial charge in [-0.1, -0.05) is 37.3 Å². The van der Waals surface area contributed by atoms with Gasteiger partial charge in [-0.05, 0) is 12.0 Å². The number of hydrogen-bond donors (Lipinski definition) is 0. The van der Waals surface area contributed by atoms with Crippen molar-refractivity contribution >= 4 is 49.6 Å². The smallest absolute Gasteiger partial charge is 0.0307 e. The second-order valence-corrected chi connectivity index (χ2v) is 1.84. The van der Waals surface area contributed by atoms with E-state index < -0.39 is 0 Å². The molecule has 0 aromatic heterocycles. The molecule has 0 fully saturated rings. The van der Waals surface area contributed by atoms with Crippen molar-refractivity contribution in [2.45, 2.75) is 13.3 Å². The Morgan fingerprint density at radius 2 is 1.25 bits per heavy atom. The van der Waals surface area contributed by atoms with Gasteiger partial charge in [0.2, 0.25) is 0 Å². The van der Waals surface area contributed by atoms with Crippen LogP contribution >= 0.6 is 49.6 Å². The molecule has 0 N–H and O–H groups in total. The molecule has 0 aliphatic carbocycles. The van der Waals surface area contributed by atoms with E-state index in [9.17, 15) is 0 Å². The molecule has 0 atom stereocenters. The van der Waals surface area contributed by atoms with E-state index in [1.807, 2.05) is 6.07 Å². The van der Waals surface area contributed by atoms with Gasteiger partial charge in [0.1, 0.15) is 0 Å². The van der Waals surface area contributed by atoms with E-state index in [1.54, 1.807) is 0 Å². The first-order valence-electron chi connectivity index (χ1n) is 2.97. The number of hydrogen-bond acceptors (Lipinski definition) is 0. The van der Waals surface area contributed by atoms with Crippen molar-refractivity contribution in [3.8, 4) is 0 Å². The normalized spacial score (nSPS) is 6.08. The summed E-state index contributed by atoms with van der Waals surface area (Å²) >= 11 is 0. The lowest BCUT2D eigenvalue weighted by molar-refractivity contribution is 1.14. The first-order valence-corrected chi connectivity index (χ1v) is 2.97. The molecule has 1 rings (SSSR count). The van der Waals surface area contributed by atoms with Gasteiger partial charge in [-0.15, -0.1) is 49.6 Å². The highest BCUT2D eigenvalue weighted by molar-refractivity contribution is 5.86. The molecule has 0 heterocycles. The quantitative estimate of drug-likeness (QED) is 0.710. The number of benzene rings is 1. The van der Waals surface area contributed by atoms with Gasteiger partial charge in [-0.25, -0.2) is 0 Å². The number of halogens is 4. The zero-order chi connectivity index (χ0) is 5.82. The van der Waals surface area contributed by atoms with Gasteiger partial charge >= 0.3 is 0 Å². The Kier molecular flexibility index (Phi) is 26.5. The van der Waals surface area contributed by atoms with Crippen LogP contribution in [0.25, 0.3) is 0 Å². The number of rotatable bonds is 1. The third kappa shape index (κ3) is 8.48. The molecule has 0 saturated heterocycles. The van der Waals surface area contributed by atoms with Gasteiger partial charge in [0.15, 0.2) is 0 Å². The molecule has 0 bridgehead atoms. The maximum Gasteiger partial charge on any atom is -0.0307 e. The molecule has 0 aliphatic heterocycles. The Morgan fingerprint density at radius 1 is 0.833 bits per heavy atom. The average molecular weight is 252 g/mol. The van der Waals surface area contributed by atoms with Crippen LogP contribution in [-0.2, 0) is 6.42 Å². The second kappa shape index (κ2) is 13.9.